The van der Waals surface area contributed by atoms with Crippen LogP contribution in [-0.4, -0.2) is 29.5 Å². The molecule has 3 nitrogen and oxygen atoms in total. The standard InChI is InChI=1S/C11H14F3NO2/c12-11(13,14)9-3-1-8(2-4-9)5-15-10(6-16)7-17/h1-4,10,15-17H,5-7H2. The summed E-state index contributed by atoms with van der Waals surface area (Å²) in [5.41, 5.74) is -0.0352. The molecule has 0 fully saturated rings. The monoisotopic (exact) mass is 249 g/mol. The topological polar surface area (TPSA) is 52.5 Å². The maximum absolute atomic E-state index is 12.3. The predicted octanol–water partition coefficient (Wildman–Crippen LogP) is 1.15. The van der Waals surface area contributed by atoms with Crippen LogP contribution < -0.4 is 5.32 Å². The van der Waals surface area contributed by atoms with Gasteiger partial charge < -0.3 is 15.5 Å². The molecule has 0 aliphatic heterocycles. The molecule has 3 N–H and O–H groups in total. The first-order valence-electron chi connectivity index (χ1n) is 5.08. The molecule has 0 aliphatic carbocycles. The molecule has 1 aromatic carbocycles. The molecule has 96 valence electrons. The largest absolute Gasteiger partial charge is 0.416 e. The number of aliphatic hydroxyl groups excluding tert-OH is 2. The fourth-order valence-electron chi connectivity index (χ4n) is 1.26. The molecule has 1 aromatic rings. The second kappa shape index (κ2) is 6.00. The van der Waals surface area contributed by atoms with Gasteiger partial charge in [0.25, 0.3) is 0 Å². The summed E-state index contributed by atoms with van der Waals surface area (Å²) in [6.45, 7) is -0.155. The first kappa shape index (κ1) is 14.0. The van der Waals surface area contributed by atoms with E-state index in [1.54, 1.807) is 0 Å². The van der Waals surface area contributed by atoms with E-state index in [4.69, 9.17) is 10.2 Å². The van der Waals surface area contributed by atoms with Crippen molar-refractivity contribution in [3.05, 3.63) is 35.4 Å². The Balaban J connectivity index is 2.57. The average molecular weight is 249 g/mol. The molecule has 0 radical (unpaired) electrons. The number of halogens is 3. The Kier molecular flexibility index (Phi) is 4.92. The highest BCUT2D eigenvalue weighted by atomic mass is 19.4. The van der Waals surface area contributed by atoms with Gasteiger partial charge in [-0.2, -0.15) is 13.2 Å². The molecule has 0 amide bonds. The molecule has 6 heteroatoms. The van der Waals surface area contributed by atoms with E-state index in [0.29, 0.717) is 12.1 Å². The zero-order chi connectivity index (χ0) is 12.9. The number of alkyl halides is 3. The van der Waals surface area contributed by atoms with Crippen molar-refractivity contribution in [3.8, 4) is 0 Å². The number of nitrogens with one attached hydrogen (secondary N) is 1. The lowest BCUT2D eigenvalue weighted by Crippen LogP contribution is -2.35. The van der Waals surface area contributed by atoms with Crippen LogP contribution in [0.5, 0.6) is 0 Å². The highest BCUT2D eigenvalue weighted by molar-refractivity contribution is 5.24. The SMILES string of the molecule is OCC(CO)NCc1ccc(C(F)(F)F)cc1. The van der Waals surface area contributed by atoms with Crippen molar-refractivity contribution >= 4 is 0 Å². The minimum atomic E-state index is -4.33. The molecular formula is C11H14F3NO2. The summed E-state index contributed by atoms with van der Waals surface area (Å²) in [5.74, 6) is 0. The Labute approximate surface area is 96.9 Å². The Morgan fingerprint density at radius 1 is 1.06 bits per heavy atom. The fraction of sp³-hybridized carbons (Fsp3) is 0.455. The molecule has 0 aliphatic rings. The van der Waals surface area contributed by atoms with Crippen LogP contribution >= 0.6 is 0 Å². The predicted molar refractivity (Wildman–Crippen MR) is 56.2 cm³/mol. The summed E-state index contributed by atoms with van der Waals surface area (Å²) in [6, 6.07) is 4.27. The summed E-state index contributed by atoms with van der Waals surface area (Å²) in [6.07, 6.45) is -4.33. The Morgan fingerprint density at radius 3 is 2.00 bits per heavy atom. The van der Waals surface area contributed by atoms with Crippen LogP contribution in [0.4, 0.5) is 13.2 Å². The lowest BCUT2D eigenvalue weighted by molar-refractivity contribution is -0.137. The van der Waals surface area contributed by atoms with Gasteiger partial charge in [0.15, 0.2) is 0 Å². The summed E-state index contributed by atoms with van der Waals surface area (Å²) < 4.78 is 36.8. The van der Waals surface area contributed by atoms with Gasteiger partial charge in [0.1, 0.15) is 0 Å². The van der Waals surface area contributed by atoms with Gasteiger partial charge >= 0.3 is 6.18 Å². The Morgan fingerprint density at radius 2 is 1.59 bits per heavy atom. The van der Waals surface area contributed by atoms with Crippen molar-refractivity contribution in [1.82, 2.24) is 5.32 Å². The lowest BCUT2D eigenvalue weighted by Gasteiger charge is -2.13. The minimum absolute atomic E-state index is 0.225. The van der Waals surface area contributed by atoms with Crippen molar-refractivity contribution in [2.45, 2.75) is 18.8 Å². The smallest absolute Gasteiger partial charge is 0.395 e. The van der Waals surface area contributed by atoms with Gasteiger partial charge in [-0.05, 0) is 17.7 Å². The molecule has 0 heterocycles. The van der Waals surface area contributed by atoms with E-state index >= 15 is 0 Å². The molecular weight excluding hydrogens is 235 g/mol. The molecule has 0 aromatic heterocycles. The molecule has 0 unspecified atom stereocenters. The molecule has 0 saturated heterocycles. The molecule has 0 atom stereocenters. The van der Waals surface area contributed by atoms with Crippen LogP contribution in [0.3, 0.4) is 0 Å². The van der Waals surface area contributed by atoms with Gasteiger partial charge in [-0.1, -0.05) is 12.1 Å². The second-order valence-corrected chi connectivity index (χ2v) is 3.64. The quantitative estimate of drug-likeness (QED) is 0.733. The second-order valence-electron chi connectivity index (χ2n) is 3.64. The Hall–Kier alpha value is -1.11. The maximum atomic E-state index is 12.3. The van der Waals surface area contributed by atoms with Crippen LogP contribution in [0.1, 0.15) is 11.1 Å². The van der Waals surface area contributed by atoms with Crippen LogP contribution in [-0.2, 0) is 12.7 Å². The zero-order valence-corrected chi connectivity index (χ0v) is 9.04. The van der Waals surface area contributed by atoms with E-state index in [2.05, 4.69) is 5.32 Å². The third-order valence-corrected chi connectivity index (χ3v) is 2.32. The highest BCUT2D eigenvalue weighted by Gasteiger charge is 2.29. The summed E-state index contributed by atoms with van der Waals surface area (Å²) in [5, 5.41) is 20.4. The molecule has 17 heavy (non-hydrogen) atoms. The molecule has 0 spiro atoms. The average Bonchev–Trinajstić information content (AvgIpc) is 2.30. The number of rotatable bonds is 5. The van der Waals surface area contributed by atoms with Gasteiger partial charge in [0.05, 0.1) is 24.8 Å². The van der Waals surface area contributed by atoms with E-state index in [1.807, 2.05) is 0 Å². The van der Waals surface area contributed by atoms with E-state index in [9.17, 15) is 13.2 Å². The van der Waals surface area contributed by atoms with Crippen LogP contribution in [0.15, 0.2) is 24.3 Å². The van der Waals surface area contributed by atoms with Crippen LogP contribution in [0.25, 0.3) is 0 Å². The summed E-state index contributed by atoms with van der Waals surface area (Å²) >= 11 is 0. The minimum Gasteiger partial charge on any atom is -0.395 e. The van der Waals surface area contributed by atoms with Gasteiger partial charge in [-0.15, -0.1) is 0 Å². The lowest BCUT2D eigenvalue weighted by atomic mass is 10.1. The van der Waals surface area contributed by atoms with E-state index in [1.165, 1.54) is 12.1 Å². The molecule has 1 rings (SSSR count). The van der Waals surface area contributed by atoms with Crippen LogP contribution in [0.2, 0.25) is 0 Å². The maximum Gasteiger partial charge on any atom is 0.416 e. The van der Waals surface area contributed by atoms with Gasteiger partial charge in [0.2, 0.25) is 0 Å². The first-order chi connectivity index (χ1) is 7.97. The number of hydrogen-bond acceptors (Lipinski definition) is 3. The number of aliphatic hydroxyl groups is 2. The van der Waals surface area contributed by atoms with Crippen molar-refractivity contribution in [3.63, 3.8) is 0 Å². The van der Waals surface area contributed by atoms with Crippen molar-refractivity contribution < 1.29 is 23.4 Å². The fourth-order valence-corrected chi connectivity index (χ4v) is 1.26. The van der Waals surface area contributed by atoms with Gasteiger partial charge in [-0.25, -0.2) is 0 Å². The number of benzene rings is 1. The summed E-state index contributed by atoms with van der Waals surface area (Å²) in [7, 11) is 0. The van der Waals surface area contributed by atoms with Gasteiger partial charge in [0, 0.05) is 6.54 Å². The van der Waals surface area contributed by atoms with E-state index in [-0.39, 0.29) is 13.2 Å². The summed E-state index contributed by atoms with van der Waals surface area (Å²) in [4.78, 5) is 0. The first-order valence-corrected chi connectivity index (χ1v) is 5.08. The zero-order valence-electron chi connectivity index (χ0n) is 9.04. The van der Waals surface area contributed by atoms with E-state index < -0.39 is 17.8 Å². The Bertz CT molecular complexity index is 334. The molecule has 0 saturated carbocycles. The highest BCUT2D eigenvalue weighted by Crippen LogP contribution is 2.28. The molecule has 0 bridgehead atoms. The van der Waals surface area contributed by atoms with Crippen molar-refractivity contribution in [2.24, 2.45) is 0 Å². The van der Waals surface area contributed by atoms with Crippen LogP contribution in [0, 0.1) is 0 Å². The van der Waals surface area contributed by atoms with Crippen molar-refractivity contribution in [2.75, 3.05) is 13.2 Å². The normalized spacial score (nSPS) is 12.1. The van der Waals surface area contributed by atoms with Crippen molar-refractivity contribution in [1.29, 1.82) is 0 Å². The van der Waals surface area contributed by atoms with E-state index in [0.717, 1.165) is 12.1 Å². The number of hydrogen-bond donors (Lipinski definition) is 3. The third kappa shape index (κ3) is 4.33. The van der Waals surface area contributed by atoms with Gasteiger partial charge in [-0.3, -0.25) is 0 Å². The third-order valence-electron chi connectivity index (χ3n) is 2.32.